The third kappa shape index (κ3) is 3.15. The first kappa shape index (κ1) is 12.3. The van der Waals surface area contributed by atoms with Gasteiger partial charge in [-0.15, -0.1) is 0 Å². The molecular weight excluding hydrogens is 397 g/mol. The van der Waals surface area contributed by atoms with Crippen molar-refractivity contribution in [2.45, 2.75) is 9.79 Å². The fourth-order valence-corrected chi connectivity index (χ4v) is 2.69. The Balaban J connectivity index is 2.20. The Morgan fingerprint density at radius 1 is 1.00 bits per heavy atom. The summed E-state index contributed by atoms with van der Waals surface area (Å²) in [6.45, 7) is 0. The molecule has 82 valence electrons. The van der Waals surface area contributed by atoms with Gasteiger partial charge in [0.15, 0.2) is 0 Å². The maximum absolute atomic E-state index is 5.87. The summed E-state index contributed by atoms with van der Waals surface area (Å²) in [5, 5.41) is 0. The molecule has 2 aromatic carbocycles. The Morgan fingerprint density at radius 2 is 1.62 bits per heavy atom. The molecule has 2 rings (SSSR count). The molecule has 0 saturated heterocycles. The van der Waals surface area contributed by atoms with Crippen LogP contribution in [0.3, 0.4) is 0 Å². The molecule has 4 heteroatoms. The van der Waals surface area contributed by atoms with E-state index in [1.165, 1.54) is 9.79 Å². The van der Waals surface area contributed by atoms with E-state index in [-0.39, 0.29) is 0 Å². The van der Waals surface area contributed by atoms with Crippen molar-refractivity contribution in [1.82, 2.24) is 0 Å². The number of nitrogen functional groups attached to an aromatic ring is 1. The summed E-state index contributed by atoms with van der Waals surface area (Å²) in [4.78, 5) is 2.38. The van der Waals surface area contributed by atoms with E-state index < -0.39 is 0 Å². The van der Waals surface area contributed by atoms with Crippen LogP contribution in [-0.2, 0) is 0 Å². The van der Waals surface area contributed by atoms with Crippen molar-refractivity contribution >= 4 is 56.0 Å². The van der Waals surface area contributed by atoms with Crippen molar-refractivity contribution in [1.29, 1.82) is 0 Å². The molecule has 2 N–H and O–H groups in total. The second kappa shape index (κ2) is 5.42. The summed E-state index contributed by atoms with van der Waals surface area (Å²) < 4.78 is 2.19. The fourth-order valence-electron chi connectivity index (χ4n) is 1.22. The molecular formula is C12H9BrINS. The van der Waals surface area contributed by atoms with Gasteiger partial charge in [-0.3, -0.25) is 0 Å². The maximum Gasteiger partial charge on any atom is 0.0461 e. The molecule has 0 heterocycles. The number of anilines is 1. The minimum Gasteiger partial charge on any atom is -0.398 e. The van der Waals surface area contributed by atoms with E-state index in [9.17, 15) is 0 Å². The van der Waals surface area contributed by atoms with Crippen LogP contribution in [0.1, 0.15) is 0 Å². The molecule has 0 saturated carbocycles. The molecule has 0 radical (unpaired) electrons. The van der Waals surface area contributed by atoms with E-state index in [0.717, 1.165) is 13.7 Å². The van der Waals surface area contributed by atoms with Crippen LogP contribution in [0.2, 0.25) is 0 Å². The van der Waals surface area contributed by atoms with Crippen LogP contribution in [0.15, 0.2) is 56.7 Å². The summed E-state index contributed by atoms with van der Waals surface area (Å²) in [5.74, 6) is 0. The van der Waals surface area contributed by atoms with Gasteiger partial charge in [0.25, 0.3) is 0 Å². The average molecular weight is 406 g/mol. The lowest BCUT2D eigenvalue weighted by molar-refractivity contribution is 1.39. The molecule has 0 aliphatic carbocycles. The lowest BCUT2D eigenvalue weighted by Gasteiger charge is -2.04. The van der Waals surface area contributed by atoms with Gasteiger partial charge in [-0.1, -0.05) is 27.7 Å². The molecule has 0 aliphatic rings. The van der Waals surface area contributed by atoms with Gasteiger partial charge in [-0.25, -0.2) is 0 Å². The summed E-state index contributed by atoms with van der Waals surface area (Å²) in [6, 6.07) is 14.4. The van der Waals surface area contributed by atoms with Crippen molar-refractivity contribution in [2.75, 3.05) is 5.73 Å². The third-order valence-electron chi connectivity index (χ3n) is 2.02. The van der Waals surface area contributed by atoms with E-state index in [1.807, 2.05) is 24.3 Å². The molecule has 0 unspecified atom stereocenters. The van der Waals surface area contributed by atoms with Crippen LogP contribution in [0.5, 0.6) is 0 Å². The van der Waals surface area contributed by atoms with Crippen molar-refractivity contribution in [3.63, 3.8) is 0 Å². The van der Waals surface area contributed by atoms with Crippen molar-refractivity contribution < 1.29 is 0 Å². The lowest BCUT2D eigenvalue weighted by Crippen LogP contribution is -1.88. The molecule has 0 atom stereocenters. The molecule has 0 fully saturated rings. The summed E-state index contributed by atoms with van der Waals surface area (Å²) in [5.41, 5.74) is 6.71. The predicted octanol–water partition coefficient (Wildman–Crippen LogP) is 4.79. The molecule has 2 aromatic rings. The van der Waals surface area contributed by atoms with Crippen LogP contribution in [0, 0.1) is 3.57 Å². The first-order valence-corrected chi connectivity index (χ1v) is 7.32. The Labute approximate surface area is 121 Å². The average Bonchev–Trinajstić information content (AvgIpc) is 2.27. The molecule has 0 aromatic heterocycles. The number of nitrogens with two attached hydrogens (primary N) is 1. The minimum atomic E-state index is 0.836. The Hall–Kier alpha value is -0.200. The van der Waals surface area contributed by atoms with Crippen LogP contribution in [0.25, 0.3) is 0 Å². The third-order valence-corrected chi connectivity index (χ3v) is 4.53. The molecule has 16 heavy (non-hydrogen) atoms. The Morgan fingerprint density at radius 3 is 2.25 bits per heavy atom. The Kier molecular flexibility index (Phi) is 4.16. The topological polar surface area (TPSA) is 26.0 Å². The van der Waals surface area contributed by atoms with E-state index in [2.05, 4.69) is 56.7 Å². The normalized spacial score (nSPS) is 10.4. The van der Waals surface area contributed by atoms with Crippen molar-refractivity contribution in [2.24, 2.45) is 0 Å². The highest BCUT2D eigenvalue weighted by atomic mass is 127. The second-order valence-corrected chi connectivity index (χ2v) is 6.46. The van der Waals surface area contributed by atoms with Crippen LogP contribution >= 0.6 is 50.3 Å². The minimum absolute atomic E-state index is 0.836. The van der Waals surface area contributed by atoms with Gasteiger partial charge >= 0.3 is 0 Å². The predicted molar refractivity (Wildman–Crippen MR) is 81.8 cm³/mol. The number of halogens is 2. The van der Waals surface area contributed by atoms with Gasteiger partial charge in [0.05, 0.1) is 0 Å². The van der Waals surface area contributed by atoms with E-state index in [1.54, 1.807) is 11.8 Å². The van der Waals surface area contributed by atoms with Crippen molar-refractivity contribution in [3.05, 3.63) is 50.5 Å². The number of rotatable bonds is 2. The maximum atomic E-state index is 5.87. The molecule has 1 nitrogen and oxygen atoms in total. The highest BCUT2D eigenvalue weighted by Crippen LogP contribution is 2.31. The monoisotopic (exact) mass is 405 g/mol. The SMILES string of the molecule is Nc1cc(Sc2ccc(Br)cc2)ccc1I. The molecule has 0 amide bonds. The fraction of sp³-hybridized carbons (Fsp3) is 0. The highest BCUT2D eigenvalue weighted by Gasteiger charge is 2.00. The van der Waals surface area contributed by atoms with Gasteiger partial charge in [-0.2, -0.15) is 0 Å². The summed E-state index contributed by atoms with van der Waals surface area (Å²) in [7, 11) is 0. The lowest BCUT2D eigenvalue weighted by atomic mass is 10.3. The van der Waals surface area contributed by atoms with E-state index >= 15 is 0 Å². The smallest absolute Gasteiger partial charge is 0.0461 e. The van der Waals surface area contributed by atoms with Crippen LogP contribution in [0.4, 0.5) is 5.69 Å². The number of hydrogen-bond donors (Lipinski definition) is 1. The molecule has 0 aliphatic heterocycles. The van der Waals surface area contributed by atoms with Gasteiger partial charge < -0.3 is 5.73 Å². The quantitative estimate of drug-likeness (QED) is 0.574. The number of hydrogen-bond acceptors (Lipinski definition) is 2. The largest absolute Gasteiger partial charge is 0.398 e. The summed E-state index contributed by atoms with van der Waals surface area (Å²) >= 11 is 7.37. The van der Waals surface area contributed by atoms with Gasteiger partial charge in [0.2, 0.25) is 0 Å². The number of benzene rings is 2. The Bertz CT molecular complexity index is 499. The van der Waals surface area contributed by atoms with E-state index in [0.29, 0.717) is 0 Å². The van der Waals surface area contributed by atoms with Gasteiger partial charge in [0.1, 0.15) is 0 Å². The molecule has 0 bridgehead atoms. The van der Waals surface area contributed by atoms with Crippen LogP contribution in [-0.4, -0.2) is 0 Å². The zero-order valence-corrected chi connectivity index (χ0v) is 12.8. The first-order valence-electron chi connectivity index (χ1n) is 4.63. The standard InChI is InChI=1S/C12H9BrINS/c13-8-1-3-9(4-2-8)16-10-5-6-11(14)12(15)7-10/h1-7H,15H2. The molecule has 0 spiro atoms. The van der Waals surface area contributed by atoms with E-state index in [4.69, 9.17) is 5.73 Å². The highest BCUT2D eigenvalue weighted by molar-refractivity contribution is 14.1. The van der Waals surface area contributed by atoms with Gasteiger partial charge in [0, 0.05) is 23.5 Å². The second-order valence-electron chi connectivity index (χ2n) is 3.24. The first-order chi connectivity index (χ1) is 7.65. The van der Waals surface area contributed by atoms with Gasteiger partial charge in [-0.05, 0) is 65.1 Å². The summed E-state index contributed by atoms with van der Waals surface area (Å²) in [6.07, 6.45) is 0. The van der Waals surface area contributed by atoms with Crippen LogP contribution < -0.4 is 5.73 Å². The zero-order chi connectivity index (χ0) is 11.5. The van der Waals surface area contributed by atoms with Crippen molar-refractivity contribution in [3.8, 4) is 0 Å². The zero-order valence-electron chi connectivity index (χ0n) is 8.28.